The van der Waals surface area contributed by atoms with Crippen LogP contribution in [0.5, 0.6) is 0 Å². The summed E-state index contributed by atoms with van der Waals surface area (Å²) in [5.41, 5.74) is 5.88. The number of nitrogens with zero attached hydrogens (tertiary/aromatic N) is 3. The van der Waals surface area contributed by atoms with E-state index in [9.17, 15) is 0 Å². The van der Waals surface area contributed by atoms with Crippen LogP contribution in [0.1, 0.15) is 69.2 Å². The van der Waals surface area contributed by atoms with Gasteiger partial charge in [0.25, 0.3) is 0 Å². The summed E-state index contributed by atoms with van der Waals surface area (Å²) < 4.78 is 2.00. The van der Waals surface area contributed by atoms with Crippen molar-refractivity contribution >= 4 is 5.70 Å². The second-order valence-corrected chi connectivity index (χ2v) is 7.52. The molecule has 0 aliphatic rings. The number of aromatic nitrogens is 3. The normalized spacial score (nSPS) is 11.8. The summed E-state index contributed by atoms with van der Waals surface area (Å²) >= 11 is 0. The molecule has 0 saturated carbocycles. The van der Waals surface area contributed by atoms with Crippen molar-refractivity contribution in [2.24, 2.45) is 0 Å². The molecule has 4 nitrogen and oxygen atoms in total. The molecule has 0 bridgehead atoms. The number of allylic oxidation sites excluding steroid dienone is 2. The molecule has 1 N–H and O–H groups in total. The number of aryl methyl sites for hydroxylation is 1. The van der Waals surface area contributed by atoms with E-state index in [2.05, 4.69) is 61.8 Å². The van der Waals surface area contributed by atoms with Gasteiger partial charge in [0.2, 0.25) is 0 Å². The molecule has 0 unspecified atom stereocenters. The van der Waals surface area contributed by atoms with Gasteiger partial charge in [-0.1, -0.05) is 39.3 Å². The molecule has 2 aromatic rings. The fraction of sp³-hybridized carbons (Fsp3) is 0.478. The van der Waals surface area contributed by atoms with Gasteiger partial charge < -0.3 is 5.32 Å². The van der Waals surface area contributed by atoms with Crippen molar-refractivity contribution in [3.05, 3.63) is 65.9 Å². The van der Waals surface area contributed by atoms with Gasteiger partial charge in [0, 0.05) is 36.0 Å². The van der Waals surface area contributed by atoms with Crippen molar-refractivity contribution in [3.63, 3.8) is 0 Å². The van der Waals surface area contributed by atoms with Crippen LogP contribution in [0.2, 0.25) is 0 Å². The minimum atomic E-state index is 0.492. The molecule has 2 aromatic heterocycles. The van der Waals surface area contributed by atoms with Gasteiger partial charge in [-0.2, -0.15) is 5.10 Å². The average molecular weight is 367 g/mol. The number of rotatable bonds is 11. The minimum absolute atomic E-state index is 0.492. The lowest BCUT2D eigenvalue weighted by molar-refractivity contribution is 0.620. The Morgan fingerprint density at radius 2 is 2.00 bits per heavy atom. The van der Waals surface area contributed by atoms with Gasteiger partial charge in [0.1, 0.15) is 0 Å². The van der Waals surface area contributed by atoms with E-state index in [0.29, 0.717) is 5.92 Å². The van der Waals surface area contributed by atoms with E-state index < -0.39 is 0 Å². The largest absolute Gasteiger partial charge is 0.385 e. The maximum Gasteiger partial charge on any atom is 0.0531 e. The van der Waals surface area contributed by atoms with Crippen molar-refractivity contribution in [2.45, 2.75) is 65.7 Å². The Balaban J connectivity index is 1.66. The van der Waals surface area contributed by atoms with Crippen LogP contribution in [0.4, 0.5) is 0 Å². The molecule has 0 saturated heterocycles. The van der Waals surface area contributed by atoms with E-state index in [-0.39, 0.29) is 0 Å². The molecule has 0 amide bonds. The maximum absolute atomic E-state index is 4.52. The summed E-state index contributed by atoms with van der Waals surface area (Å²) in [6.07, 6.45) is 13.8. The van der Waals surface area contributed by atoms with Crippen molar-refractivity contribution in [1.82, 2.24) is 20.1 Å². The third-order valence-corrected chi connectivity index (χ3v) is 4.85. The standard InChI is InChI=1S/C23H34N4/c1-18(2)23-17-26-27(21(23)5)20(4)15-19(3)25-14-9-7-6-8-11-22-12-10-13-24-16-22/h10,12-13,15-18,25H,3,6-9,11,14H2,1-2,4-5H3/b20-15-. The zero-order chi connectivity index (χ0) is 19.6. The van der Waals surface area contributed by atoms with Crippen LogP contribution in [-0.4, -0.2) is 21.3 Å². The van der Waals surface area contributed by atoms with E-state index in [4.69, 9.17) is 0 Å². The van der Waals surface area contributed by atoms with Crippen LogP contribution >= 0.6 is 0 Å². The highest BCUT2D eigenvalue weighted by molar-refractivity contribution is 5.48. The van der Waals surface area contributed by atoms with E-state index in [0.717, 1.165) is 30.8 Å². The number of hydrogen-bond acceptors (Lipinski definition) is 3. The van der Waals surface area contributed by atoms with Gasteiger partial charge in [-0.25, -0.2) is 4.68 Å². The Bertz CT molecular complexity index is 741. The van der Waals surface area contributed by atoms with Gasteiger partial charge >= 0.3 is 0 Å². The van der Waals surface area contributed by atoms with Crippen LogP contribution in [0.3, 0.4) is 0 Å². The summed E-state index contributed by atoms with van der Waals surface area (Å²) in [7, 11) is 0. The van der Waals surface area contributed by atoms with Crippen LogP contribution < -0.4 is 5.32 Å². The lowest BCUT2D eigenvalue weighted by Crippen LogP contribution is -2.13. The molecule has 27 heavy (non-hydrogen) atoms. The number of nitrogens with one attached hydrogen (secondary N) is 1. The van der Waals surface area contributed by atoms with Crippen molar-refractivity contribution in [1.29, 1.82) is 0 Å². The Morgan fingerprint density at radius 3 is 2.67 bits per heavy atom. The first kappa shape index (κ1) is 20.9. The minimum Gasteiger partial charge on any atom is -0.385 e. The average Bonchev–Trinajstić information content (AvgIpc) is 3.03. The van der Waals surface area contributed by atoms with Gasteiger partial charge in [-0.15, -0.1) is 0 Å². The molecule has 2 rings (SSSR count). The van der Waals surface area contributed by atoms with Gasteiger partial charge in [0.15, 0.2) is 0 Å². The SMILES string of the molecule is C=C(/C=C(/C)n1ncc(C(C)C)c1C)NCCCCCCc1cccnc1. The van der Waals surface area contributed by atoms with Crippen LogP contribution in [-0.2, 0) is 6.42 Å². The van der Waals surface area contributed by atoms with E-state index >= 15 is 0 Å². The molecule has 0 radical (unpaired) electrons. The molecule has 0 aliphatic carbocycles. The van der Waals surface area contributed by atoms with Crippen molar-refractivity contribution < 1.29 is 0 Å². The Labute approximate surface area is 164 Å². The van der Waals surface area contributed by atoms with Crippen molar-refractivity contribution in [2.75, 3.05) is 6.54 Å². The lowest BCUT2D eigenvalue weighted by Gasteiger charge is -2.10. The van der Waals surface area contributed by atoms with Gasteiger partial charge in [0.05, 0.1) is 6.20 Å². The molecule has 4 heteroatoms. The second-order valence-electron chi connectivity index (χ2n) is 7.52. The fourth-order valence-corrected chi connectivity index (χ4v) is 3.31. The highest BCUT2D eigenvalue weighted by Gasteiger charge is 2.10. The Morgan fingerprint density at radius 1 is 1.22 bits per heavy atom. The number of pyridine rings is 1. The first-order chi connectivity index (χ1) is 13.0. The monoisotopic (exact) mass is 366 g/mol. The van der Waals surface area contributed by atoms with Crippen LogP contribution in [0.15, 0.2) is 49.1 Å². The Kier molecular flexibility index (Phi) is 8.31. The first-order valence-corrected chi connectivity index (χ1v) is 10.0. The maximum atomic E-state index is 4.52. The molecular weight excluding hydrogens is 332 g/mol. The number of hydrogen-bond donors (Lipinski definition) is 1. The Hall–Kier alpha value is -2.36. The lowest BCUT2D eigenvalue weighted by atomic mass is 10.1. The van der Waals surface area contributed by atoms with Gasteiger partial charge in [-0.05, 0) is 62.3 Å². The molecule has 0 fully saturated rings. The predicted octanol–water partition coefficient (Wildman–Crippen LogP) is 5.48. The summed E-state index contributed by atoms with van der Waals surface area (Å²) in [5, 5.41) is 7.94. The highest BCUT2D eigenvalue weighted by Crippen LogP contribution is 2.20. The van der Waals surface area contributed by atoms with Crippen LogP contribution in [0, 0.1) is 6.92 Å². The topological polar surface area (TPSA) is 42.7 Å². The van der Waals surface area contributed by atoms with Crippen LogP contribution in [0.25, 0.3) is 5.70 Å². The predicted molar refractivity (Wildman–Crippen MR) is 115 cm³/mol. The van der Waals surface area contributed by atoms with E-state index in [1.54, 1.807) is 0 Å². The molecule has 146 valence electrons. The molecule has 2 heterocycles. The summed E-state index contributed by atoms with van der Waals surface area (Å²) in [5.74, 6) is 0.492. The fourth-order valence-electron chi connectivity index (χ4n) is 3.31. The third-order valence-electron chi connectivity index (χ3n) is 4.85. The first-order valence-electron chi connectivity index (χ1n) is 10.0. The summed E-state index contributed by atoms with van der Waals surface area (Å²) in [4.78, 5) is 4.16. The highest BCUT2D eigenvalue weighted by atomic mass is 15.3. The molecule has 0 aromatic carbocycles. The zero-order valence-electron chi connectivity index (χ0n) is 17.3. The molecule has 0 aliphatic heterocycles. The third kappa shape index (κ3) is 6.70. The summed E-state index contributed by atoms with van der Waals surface area (Å²) in [6, 6.07) is 4.16. The molecular formula is C23H34N4. The zero-order valence-corrected chi connectivity index (χ0v) is 17.3. The quantitative estimate of drug-likeness (QED) is 0.423. The smallest absolute Gasteiger partial charge is 0.0531 e. The number of unbranched alkanes of at least 4 members (excludes halogenated alkanes) is 3. The van der Waals surface area contributed by atoms with E-state index in [1.165, 1.54) is 36.1 Å². The van der Waals surface area contributed by atoms with E-state index in [1.807, 2.05) is 29.3 Å². The molecule has 0 atom stereocenters. The molecule has 0 spiro atoms. The van der Waals surface area contributed by atoms with Crippen molar-refractivity contribution in [3.8, 4) is 0 Å². The second kappa shape index (κ2) is 10.7. The van der Waals surface area contributed by atoms with Gasteiger partial charge in [-0.3, -0.25) is 4.98 Å². The summed E-state index contributed by atoms with van der Waals surface area (Å²) in [6.45, 7) is 13.7.